The Balaban J connectivity index is 0.000000806. The molecule has 1 N–H and O–H groups in total. The number of carbonyl (C=O) groups is 2. The Morgan fingerprint density at radius 1 is 1.23 bits per heavy atom. The van der Waals surface area contributed by atoms with Crippen LogP contribution < -0.4 is 5.56 Å². The van der Waals surface area contributed by atoms with E-state index < -0.39 is 0 Å². The highest BCUT2D eigenvalue weighted by molar-refractivity contribution is 5.78. The molecule has 1 aromatic rings. The van der Waals surface area contributed by atoms with E-state index >= 15 is 0 Å². The smallest absolute Gasteiger partial charge is 0.290 e. The molecule has 0 unspecified atom stereocenters. The Labute approximate surface area is 178 Å². The monoisotopic (exact) mass is 417 g/mol. The molecule has 1 aromatic heterocycles. The highest BCUT2D eigenvalue weighted by Gasteiger charge is 2.40. The second kappa shape index (κ2) is 10.2. The predicted molar refractivity (Wildman–Crippen MR) is 116 cm³/mol. The van der Waals surface area contributed by atoms with Gasteiger partial charge in [-0.15, -0.1) is 0 Å². The Hall–Kier alpha value is -2.15. The molecule has 4 heterocycles. The van der Waals surface area contributed by atoms with Gasteiger partial charge in [-0.3, -0.25) is 19.3 Å². The molecule has 1 amide bonds. The average molecular weight is 418 g/mol. The molecule has 3 atom stereocenters. The fourth-order valence-electron chi connectivity index (χ4n) is 5.40. The summed E-state index contributed by atoms with van der Waals surface area (Å²) in [4.78, 5) is 38.1. The van der Waals surface area contributed by atoms with Crippen LogP contribution in [-0.4, -0.2) is 64.6 Å². The van der Waals surface area contributed by atoms with E-state index in [2.05, 4.69) is 29.4 Å². The minimum atomic E-state index is -0.250. The topological polar surface area (TPSA) is 82.9 Å². The van der Waals surface area contributed by atoms with Crippen LogP contribution in [0.3, 0.4) is 0 Å². The maximum absolute atomic E-state index is 12.7. The van der Waals surface area contributed by atoms with Crippen LogP contribution in [0.2, 0.25) is 0 Å². The number of rotatable bonds is 5. The summed E-state index contributed by atoms with van der Waals surface area (Å²) < 4.78 is 2.10. The van der Waals surface area contributed by atoms with Gasteiger partial charge in [-0.2, -0.15) is 0 Å². The predicted octanol–water partition coefficient (Wildman–Crippen LogP) is 2.57. The van der Waals surface area contributed by atoms with Gasteiger partial charge in [0.25, 0.3) is 12.0 Å². The lowest BCUT2D eigenvalue weighted by atomic mass is 9.76. The number of amides is 1. The quantitative estimate of drug-likeness (QED) is 0.745. The van der Waals surface area contributed by atoms with Gasteiger partial charge < -0.3 is 14.6 Å². The van der Waals surface area contributed by atoms with E-state index in [1.54, 1.807) is 6.07 Å². The summed E-state index contributed by atoms with van der Waals surface area (Å²) in [6.45, 7) is 8.49. The summed E-state index contributed by atoms with van der Waals surface area (Å²) in [5, 5.41) is 6.89. The van der Waals surface area contributed by atoms with Gasteiger partial charge in [0.2, 0.25) is 5.91 Å². The normalized spacial score (nSPS) is 25.4. The SMILES string of the molecule is CC(C)CC[C@H]1[C@H]2C[C@H](CN(CC(=O)N3CCCC3)C2)c2cccc(=O)n21.O=CO. The van der Waals surface area contributed by atoms with Gasteiger partial charge in [0, 0.05) is 49.9 Å². The molecule has 4 rings (SSSR count). The number of carbonyl (C=O) groups excluding carboxylic acids is 1. The van der Waals surface area contributed by atoms with Crippen LogP contribution in [0.5, 0.6) is 0 Å². The first-order valence-corrected chi connectivity index (χ1v) is 11.2. The number of carboxylic acid groups (broad SMARTS) is 1. The molecule has 0 aliphatic carbocycles. The summed E-state index contributed by atoms with van der Waals surface area (Å²) in [6, 6.07) is 6.03. The molecule has 3 aliphatic rings. The fourth-order valence-corrected chi connectivity index (χ4v) is 5.40. The molecule has 30 heavy (non-hydrogen) atoms. The molecule has 0 saturated carbocycles. The van der Waals surface area contributed by atoms with E-state index in [0.717, 1.165) is 58.3 Å². The van der Waals surface area contributed by atoms with Crippen molar-refractivity contribution in [1.29, 1.82) is 0 Å². The Morgan fingerprint density at radius 2 is 1.93 bits per heavy atom. The standard InChI is InChI=1S/C22H33N3O2.CH2O2/c1-16(2)8-9-20-18-12-17(19-6-5-7-21(26)25(19)20)13-23(14-18)15-22(27)24-10-3-4-11-24;2-1-3/h5-7,16-18,20H,3-4,8-15H2,1-2H3;1H,(H,2,3)/t17-,18+,20+;/m1./s1. The number of fused-ring (bicyclic) bond motifs is 4. The van der Waals surface area contributed by atoms with Gasteiger partial charge in [-0.1, -0.05) is 19.9 Å². The largest absolute Gasteiger partial charge is 0.483 e. The molecular weight excluding hydrogens is 382 g/mol. The van der Waals surface area contributed by atoms with Crippen molar-refractivity contribution < 1.29 is 14.7 Å². The van der Waals surface area contributed by atoms with E-state index in [1.807, 2.05) is 11.0 Å². The Kier molecular flexibility index (Phi) is 7.69. The number of likely N-dealkylation sites (tertiary alicyclic amines) is 2. The maximum Gasteiger partial charge on any atom is 0.290 e. The van der Waals surface area contributed by atoms with Crippen molar-refractivity contribution in [3.8, 4) is 0 Å². The van der Waals surface area contributed by atoms with E-state index in [4.69, 9.17) is 9.90 Å². The molecule has 0 aromatic carbocycles. The fraction of sp³-hybridized carbons (Fsp3) is 0.696. The molecule has 0 spiro atoms. The number of hydrogen-bond acceptors (Lipinski definition) is 4. The van der Waals surface area contributed by atoms with Crippen LogP contribution in [0.15, 0.2) is 23.0 Å². The molecular formula is C23H35N3O4. The average Bonchev–Trinajstić information content (AvgIpc) is 3.24. The molecule has 7 heteroatoms. The van der Waals surface area contributed by atoms with E-state index in [0.29, 0.717) is 24.3 Å². The molecule has 166 valence electrons. The molecule has 3 aliphatic heterocycles. The summed E-state index contributed by atoms with van der Waals surface area (Å²) in [6.07, 6.45) is 5.63. The zero-order valence-corrected chi connectivity index (χ0v) is 18.2. The summed E-state index contributed by atoms with van der Waals surface area (Å²) in [7, 11) is 0. The van der Waals surface area contributed by atoms with E-state index in [1.165, 1.54) is 5.69 Å². The first kappa shape index (κ1) is 22.5. The number of piperidine rings is 1. The van der Waals surface area contributed by atoms with Crippen molar-refractivity contribution >= 4 is 12.4 Å². The first-order valence-electron chi connectivity index (χ1n) is 11.2. The van der Waals surface area contributed by atoms with Gasteiger partial charge in [-0.05, 0) is 50.0 Å². The van der Waals surface area contributed by atoms with Crippen molar-refractivity contribution in [1.82, 2.24) is 14.4 Å². The van der Waals surface area contributed by atoms with Crippen LogP contribution >= 0.6 is 0 Å². The number of pyridine rings is 1. The van der Waals surface area contributed by atoms with Crippen LogP contribution in [0.25, 0.3) is 0 Å². The van der Waals surface area contributed by atoms with Gasteiger partial charge in [0.05, 0.1) is 6.54 Å². The van der Waals surface area contributed by atoms with Gasteiger partial charge >= 0.3 is 0 Å². The van der Waals surface area contributed by atoms with Crippen LogP contribution in [0.4, 0.5) is 0 Å². The van der Waals surface area contributed by atoms with E-state index in [-0.39, 0.29) is 24.0 Å². The second-order valence-corrected chi connectivity index (χ2v) is 9.28. The van der Waals surface area contributed by atoms with Crippen molar-refractivity contribution in [2.24, 2.45) is 11.8 Å². The highest BCUT2D eigenvalue weighted by atomic mass is 16.3. The molecule has 2 bridgehead atoms. The lowest BCUT2D eigenvalue weighted by Crippen LogP contribution is -2.51. The van der Waals surface area contributed by atoms with E-state index in [9.17, 15) is 9.59 Å². The minimum absolute atomic E-state index is 0.151. The van der Waals surface area contributed by atoms with Crippen molar-refractivity contribution in [3.05, 3.63) is 34.2 Å². The minimum Gasteiger partial charge on any atom is -0.483 e. The lowest BCUT2D eigenvalue weighted by molar-refractivity contribution is -0.132. The lowest BCUT2D eigenvalue weighted by Gasteiger charge is -2.47. The third kappa shape index (κ3) is 5.12. The molecule has 2 fully saturated rings. The zero-order chi connectivity index (χ0) is 21.7. The van der Waals surface area contributed by atoms with Crippen molar-refractivity contribution in [2.45, 2.75) is 57.9 Å². The van der Waals surface area contributed by atoms with Gasteiger partial charge in [-0.25, -0.2) is 0 Å². The maximum atomic E-state index is 12.7. The van der Waals surface area contributed by atoms with Crippen LogP contribution in [-0.2, 0) is 9.59 Å². The third-order valence-corrected chi connectivity index (χ3v) is 6.73. The number of nitrogens with zero attached hydrogens (tertiary/aromatic N) is 3. The Bertz CT molecular complexity index is 785. The third-order valence-electron chi connectivity index (χ3n) is 6.73. The summed E-state index contributed by atoms with van der Waals surface area (Å²) in [5.41, 5.74) is 1.34. The summed E-state index contributed by atoms with van der Waals surface area (Å²) in [5.74, 6) is 1.78. The highest BCUT2D eigenvalue weighted by Crippen LogP contribution is 2.43. The first-order chi connectivity index (χ1) is 14.4. The molecule has 7 nitrogen and oxygen atoms in total. The molecule has 0 radical (unpaired) electrons. The zero-order valence-electron chi connectivity index (χ0n) is 18.2. The van der Waals surface area contributed by atoms with Crippen molar-refractivity contribution in [2.75, 3.05) is 32.7 Å². The summed E-state index contributed by atoms with van der Waals surface area (Å²) >= 11 is 0. The molecule has 2 saturated heterocycles. The van der Waals surface area contributed by atoms with Gasteiger partial charge in [0.15, 0.2) is 0 Å². The van der Waals surface area contributed by atoms with Crippen LogP contribution in [0.1, 0.15) is 63.6 Å². The van der Waals surface area contributed by atoms with Crippen LogP contribution in [0, 0.1) is 11.8 Å². The second-order valence-electron chi connectivity index (χ2n) is 9.28. The Morgan fingerprint density at radius 3 is 2.60 bits per heavy atom. The number of aromatic nitrogens is 1. The van der Waals surface area contributed by atoms with Crippen molar-refractivity contribution in [3.63, 3.8) is 0 Å². The van der Waals surface area contributed by atoms with Gasteiger partial charge in [0.1, 0.15) is 0 Å². The number of hydrogen-bond donors (Lipinski definition) is 1.